The molecule has 0 saturated carbocycles. The molecule has 1 aromatic carbocycles. The first-order valence-electron chi connectivity index (χ1n) is 7.09. The van der Waals surface area contributed by atoms with Crippen LogP contribution in [0.15, 0.2) is 76.3 Å². The van der Waals surface area contributed by atoms with Gasteiger partial charge in [-0.25, -0.2) is 4.68 Å². The highest BCUT2D eigenvalue weighted by Crippen LogP contribution is 2.05. The maximum Gasteiger partial charge on any atom is 0.267 e. The van der Waals surface area contributed by atoms with Crippen LogP contribution in [-0.4, -0.2) is 15.6 Å². The monoisotopic (exact) mass is 306 g/mol. The van der Waals surface area contributed by atoms with Crippen molar-refractivity contribution in [3.63, 3.8) is 0 Å². The third-order valence-corrected chi connectivity index (χ3v) is 3.26. The summed E-state index contributed by atoms with van der Waals surface area (Å²) in [5, 5.41) is 4.13. The van der Waals surface area contributed by atoms with Crippen LogP contribution in [0.4, 0.5) is 0 Å². The van der Waals surface area contributed by atoms with Crippen LogP contribution >= 0.6 is 0 Å². The number of hydrogen-bond acceptors (Lipinski definition) is 4. The van der Waals surface area contributed by atoms with Gasteiger partial charge in [0.25, 0.3) is 5.56 Å². The maximum absolute atomic E-state index is 12.1. The van der Waals surface area contributed by atoms with E-state index in [1.807, 2.05) is 30.3 Å². The minimum absolute atomic E-state index is 0.221. The summed E-state index contributed by atoms with van der Waals surface area (Å²) >= 11 is 0. The second-order valence-electron chi connectivity index (χ2n) is 4.95. The van der Waals surface area contributed by atoms with Crippen molar-refractivity contribution in [1.29, 1.82) is 0 Å². The van der Waals surface area contributed by atoms with E-state index in [1.165, 1.54) is 23.1 Å². The molecule has 0 saturated heterocycles. The number of nitrogens with zero attached hydrogens (tertiary/aromatic N) is 2. The van der Waals surface area contributed by atoms with Gasteiger partial charge in [-0.2, -0.15) is 5.10 Å². The summed E-state index contributed by atoms with van der Waals surface area (Å²) in [6.07, 6.45) is 5.90. The summed E-state index contributed by atoms with van der Waals surface area (Å²) in [6, 6.07) is 14.3. The standard InChI is InChI=1S/C18H14N2O3/c21-16(17-7-4-10-23-17)9-8-15-11-18(22)20(19-12-15)13-14-5-2-1-3-6-14/h1-12H,13H2/b9-8+. The Labute approximate surface area is 132 Å². The second kappa shape index (κ2) is 6.70. The Bertz CT molecular complexity index is 878. The van der Waals surface area contributed by atoms with E-state index in [4.69, 9.17) is 4.42 Å². The van der Waals surface area contributed by atoms with Crippen LogP contribution in [0.25, 0.3) is 6.08 Å². The first-order chi connectivity index (χ1) is 11.2. The number of carbonyl (C=O) groups is 1. The van der Waals surface area contributed by atoms with E-state index in [0.29, 0.717) is 12.1 Å². The predicted octanol–water partition coefficient (Wildman–Crippen LogP) is 2.78. The molecule has 5 nitrogen and oxygen atoms in total. The minimum Gasteiger partial charge on any atom is -0.461 e. The Kier molecular flexibility index (Phi) is 4.29. The quantitative estimate of drug-likeness (QED) is 0.537. The van der Waals surface area contributed by atoms with Gasteiger partial charge in [0, 0.05) is 11.6 Å². The van der Waals surface area contributed by atoms with Gasteiger partial charge >= 0.3 is 0 Å². The molecule has 0 unspecified atom stereocenters. The average Bonchev–Trinajstić information content (AvgIpc) is 3.10. The third-order valence-electron chi connectivity index (χ3n) is 3.26. The van der Waals surface area contributed by atoms with Gasteiger partial charge in [0.2, 0.25) is 5.78 Å². The molecule has 0 amide bonds. The van der Waals surface area contributed by atoms with E-state index in [2.05, 4.69) is 5.10 Å². The zero-order chi connectivity index (χ0) is 16.1. The highest BCUT2D eigenvalue weighted by atomic mass is 16.3. The Morgan fingerprint density at radius 1 is 1.17 bits per heavy atom. The number of carbonyl (C=O) groups excluding carboxylic acids is 1. The Morgan fingerprint density at radius 3 is 2.70 bits per heavy atom. The maximum atomic E-state index is 12.1. The SMILES string of the molecule is O=C(/C=C/c1cnn(Cc2ccccc2)c(=O)c1)c1ccco1. The summed E-state index contributed by atoms with van der Waals surface area (Å²) in [6.45, 7) is 0.412. The van der Waals surface area contributed by atoms with Gasteiger partial charge in [-0.05, 0) is 29.8 Å². The molecule has 2 aromatic heterocycles. The summed E-state index contributed by atoms with van der Waals surface area (Å²) in [5.74, 6) is -0.00454. The number of benzene rings is 1. The van der Waals surface area contributed by atoms with Crippen molar-refractivity contribution in [2.24, 2.45) is 0 Å². The Morgan fingerprint density at radius 2 is 2.00 bits per heavy atom. The Hall–Kier alpha value is -3.21. The fourth-order valence-corrected chi connectivity index (χ4v) is 2.09. The minimum atomic E-state index is -0.261. The molecule has 114 valence electrons. The first kappa shape index (κ1) is 14.7. The van der Waals surface area contributed by atoms with E-state index < -0.39 is 0 Å². The zero-order valence-corrected chi connectivity index (χ0v) is 12.3. The molecule has 3 rings (SSSR count). The number of allylic oxidation sites excluding steroid dienone is 1. The lowest BCUT2D eigenvalue weighted by molar-refractivity contribution is 0.102. The molecule has 5 heteroatoms. The molecular weight excluding hydrogens is 292 g/mol. The molecule has 3 aromatic rings. The van der Waals surface area contributed by atoms with E-state index in [-0.39, 0.29) is 17.1 Å². The number of rotatable bonds is 5. The Balaban J connectivity index is 1.74. The second-order valence-corrected chi connectivity index (χ2v) is 4.95. The van der Waals surface area contributed by atoms with Crippen molar-refractivity contribution in [2.45, 2.75) is 6.54 Å². The highest BCUT2D eigenvalue weighted by molar-refractivity contribution is 6.04. The molecule has 0 N–H and O–H groups in total. The van der Waals surface area contributed by atoms with Crippen molar-refractivity contribution in [1.82, 2.24) is 9.78 Å². The highest BCUT2D eigenvalue weighted by Gasteiger charge is 2.04. The summed E-state index contributed by atoms with van der Waals surface area (Å²) < 4.78 is 6.39. The molecule has 0 radical (unpaired) electrons. The van der Waals surface area contributed by atoms with Crippen molar-refractivity contribution in [3.05, 3.63) is 94.3 Å². The molecule has 0 fully saturated rings. The topological polar surface area (TPSA) is 65.1 Å². The molecule has 0 spiro atoms. The molecule has 0 atom stereocenters. The largest absolute Gasteiger partial charge is 0.461 e. The van der Waals surface area contributed by atoms with Gasteiger partial charge in [0.15, 0.2) is 5.76 Å². The van der Waals surface area contributed by atoms with Crippen molar-refractivity contribution in [3.8, 4) is 0 Å². The van der Waals surface area contributed by atoms with E-state index >= 15 is 0 Å². The van der Waals surface area contributed by atoms with Gasteiger partial charge in [-0.15, -0.1) is 0 Å². The van der Waals surface area contributed by atoms with Crippen LogP contribution in [0.2, 0.25) is 0 Å². The lowest BCUT2D eigenvalue weighted by atomic mass is 10.2. The van der Waals surface area contributed by atoms with Crippen molar-refractivity contribution in [2.75, 3.05) is 0 Å². The van der Waals surface area contributed by atoms with Crippen molar-refractivity contribution >= 4 is 11.9 Å². The lowest BCUT2D eigenvalue weighted by Crippen LogP contribution is -2.22. The normalized spacial score (nSPS) is 11.0. The van der Waals surface area contributed by atoms with Crippen molar-refractivity contribution < 1.29 is 9.21 Å². The fraction of sp³-hybridized carbons (Fsp3) is 0.0556. The number of furan rings is 1. The van der Waals surface area contributed by atoms with Crippen LogP contribution < -0.4 is 5.56 Å². The van der Waals surface area contributed by atoms with Crippen LogP contribution in [0, 0.1) is 0 Å². The number of ketones is 1. The molecule has 2 heterocycles. The molecule has 23 heavy (non-hydrogen) atoms. The smallest absolute Gasteiger partial charge is 0.267 e. The molecule has 0 aliphatic heterocycles. The van der Waals surface area contributed by atoms with E-state index in [0.717, 1.165) is 5.56 Å². The first-order valence-corrected chi connectivity index (χ1v) is 7.09. The summed E-state index contributed by atoms with van der Waals surface area (Å²) in [5.41, 5.74) is 1.35. The van der Waals surface area contributed by atoms with Gasteiger partial charge in [-0.1, -0.05) is 30.3 Å². The summed E-state index contributed by atoms with van der Waals surface area (Å²) in [4.78, 5) is 23.9. The van der Waals surface area contributed by atoms with Crippen LogP contribution in [0.1, 0.15) is 21.7 Å². The van der Waals surface area contributed by atoms with Gasteiger partial charge in [-0.3, -0.25) is 9.59 Å². The summed E-state index contributed by atoms with van der Waals surface area (Å²) in [7, 11) is 0. The van der Waals surface area contributed by atoms with Gasteiger partial charge < -0.3 is 4.42 Å². The van der Waals surface area contributed by atoms with Crippen LogP contribution in [0.3, 0.4) is 0 Å². The molecular formula is C18H14N2O3. The van der Waals surface area contributed by atoms with E-state index in [1.54, 1.807) is 24.4 Å². The van der Waals surface area contributed by atoms with Gasteiger partial charge in [0.05, 0.1) is 19.0 Å². The number of hydrogen-bond donors (Lipinski definition) is 0. The molecule has 0 aliphatic rings. The molecule has 0 bridgehead atoms. The lowest BCUT2D eigenvalue weighted by Gasteiger charge is -2.04. The fourth-order valence-electron chi connectivity index (χ4n) is 2.09. The van der Waals surface area contributed by atoms with Gasteiger partial charge in [0.1, 0.15) is 0 Å². The van der Waals surface area contributed by atoms with Crippen LogP contribution in [-0.2, 0) is 6.54 Å². The van der Waals surface area contributed by atoms with Crippen LogP contribution in [0.5, 0.6) is 0 Å². The zero-order valence-electron chi connectivity index (χ0n) is 12.3. The van der Waals surface area contributed by atoms with E-state index in [9.17, 15) is 9.59 Å². The average molecular weight is 306 g/mol. The predicted molar refractivity (Wildman–Crippen MR) is 86.1 cm³/mol. The molecule has 0 aliphatic carbocycles. The third kappa shape index (κ3) is 3.71. The number of aromatic nitrogens is 2.